The summed E-state index contributed by atoms with van der Waals surface area (Å²) in [5.74, 6) is 0.247. The number of hydrogen-bond donors (Lipinski definition) is 2. The lowest BCUT2D eigenvalue weighted by atomic mass is 10.0. The van der Waals surface area contributed by atoms with Crippen molar-refractivity contribution in [3.8, 4) is 22.1 Å². The van der Waals surface area contributed by atoms with Crippen molar-refractivity contribution in [2.45, 2.75) is 0 Å². The molecule has 0 fully saturated rings. The Balaban J connectivity index is 1.41. The number of anilines is 2. The first-order valence-corrected chi connectivity index (χ1v) is 10.5. The number of carbonyl (C=O) groups excluding carboxylic acids is 2. The van der Waals surface area contributed by atoms with Crippen LogP contribution in [0.5, 0.6) is 10.9 Å². The summed E-state index contributed by atoms with van der Waals surface area (Å²) in [5, 5.41) is 13.4. The van der Waals surface area contributed by atoms with Crippen molar-refractivity contribution in [2.24, 2.45) is 0 Å². The van der Waals surface area contributed by atoms with Crippen molar-refractivity contribution in [1.29, 1.82) is 0 Å². The number of rotatable bonds is 8. The van der Waals surface area contributed by atoms with E-state index < -0.39 is 11.8 Å². The molecule has 10 nitrogen and oxygen atoms in total. The molecule has 0 spiro atoms. The molecular weight excluding hydrogens is 444 g/mol. The van der Waals surface area contributed by atoms with Gasteiger partial charge in [-0.3, -0.25) is 19.9 Å². The molecule has 4 aromatic rings. The first-order chi connectivity index (χ1) is 16.1. The van der Waals surface area contributed by atoms with Crippen LogP contribution in [0.15, 0.2) is 67.1 Å². The zero-order valence-electron chi connectivity index (χ0n) is 17.4. The van der Waals surface area contributed by atoms with Crippen LogP contribution in [-0.2, 0) is 4.79 Å². The van der Waals surface area contributed by atoms with E-state index in [2.05, 4.69) is 30.8 Å². The van der Waals surface area contributed by atoms with Crippen molar-refractivity contribution in [1.82, 2.24) is 20.2 Å². The minimum atomic E-state index is -0.396. The molecule has 33 heavy (non-hydrogen) atoms. The van der Waals surface area contributed by atoms with Gasteiger partial charge in [-0.2, -0.15) is 0 Å². The molecule has 3 aromatic heterocycles. The van der Waals surface area contributed by atoms with Crippen LogP contribution in [-0.4, -0.2) is 45.7 Å². The lowest BCUT2D eigenvalue weighted by Crippen LogP contribution is -2.20. The number of nitrogens with one attached hydrogen (secondary N) is 2. The number of nitrogens with zero attached hydrogens (tertiary/aromatic N) is 4. The van der Waals surface area contributed by atoms with Crippen LogP contribution in [0, 0.1) is 0 Å². The molecule has 1 aromatic carbocycles. The minimum absolute atomic E-state index is 0.140. The molecule has 166 valence electrons. The average Bonchev–Trinajstić information content (AvgIpc) is 3.30. The highest BCUT2D eigenvalue weighted by molar-refractivity contribution is 7.17. The molecule has 11 heteroatoms. The molecule has 0 aliphatic heterocycles. The van der Waals surface area contributed by atoms with E-state index in [0.29, 0.717) is 22.7 Å². The Morgan fingerprint density at radius 1 is 0.970 bits per heavy atom. The number of ether oxygens (including phenoxy) is 2. The van der Waals surface area contributed by atoms with Gasteiger partial charge in [-0.25, -0.2) is 4.98 Å². The summed E-state index contributed by atoms with van der Waals surface area (Å²) in [6, 6.07) is 14.1. The standard InChI is InChI=1S/C22H18N6O4S/c1-31-17-7-3-2-6-14(17)16-12-23-11-9-15(16)20(30)26-21-27-28-22(33-21)32-13-19(29)25-18-8-4-5-10-24-18/h2-12H,13H2,1H3,(H,24,25,29)(H,26,27,30). The van der Waals surface area contributed by atoms with Crippen LogP contribution < -0.4 is 20.1 Å². The summed E-state index contributed by atoms with van der Waals surface area (Å²) in [5.41, 5.74) is 1.74. The predicted molar refractivity (Wildman–Crippen MR) is 122 cm³/mol. The van der Waals surface area contributed by atoms with Gasteiger partial charge in [0, 0.05) is 29.7 Å². The Morgan fingerprint density at radius 2 is 1.82 bits per heavy atom. The normalized spacial score (nSPS) is 10.3. The maximum atomic E-state index is 12.9. The van der Waals surface area contributed by atoms with Gasteiger partial charge in [-0.05, 0) is 35.6 Å². The van der Waals surface area contributed by atoms with Crippen molar-refractivity contribution in [2.75, 3.05) is 24.4 Å². The number of aromatic nitrogens is 4. The Bertz CT molecular complexity index is 1260. The molecule has 2 amide bonds. The highest BCUT2D eigenvalue weighted by atomic mass is 32.1. The lowest BCUT2D eigenvalue weighted by Gasteiger charge is -2.11. The molecule has 3 heterocycles. The van der Waals surface area contributed by atoms with Gasteiger partial charge in [-0.1, -0.05) is 29.4 Å². The smallest absolute Gasteiger partial charge is 0.296 e. The molecule has 2 N–H and O–H groups in total. The fourth-order valence-electron chi connectivity index (χ4n) is 2.90. The van der Waals surface area contributed by atoms with Crippen LogP contribution >= 0.6 is 11.3 Å². The number of para-hydroxylation sites is 1. The Kier molecular flexibility index (Phi) is 6.81. The van der Waals surface area contributed by atoms with E-state index >= 15 is 0 Å². The molecule has 0 aliphatic carbocycles. The number of carbonyl (C=O) groups is 2. The minimum Gasteiger partial charge on any atom is -0.496 e. The van der Waals surface area contributed by atoms with Crippen LogP contribution in [0.2, 0.25) is 0 Å². The van der Waals surface area contributed by atoms with Gasteiger partial charge in [0.1, 0.15) is 11.6 Å². The molecule has 0 aliphatic rings. The maximum absolute atomic E-state index is 12.9. The second kappa shape index (κ2) is 10.3. The van der Waals surface area contributed by atoms with E-state index in [1.54, 1.807) is 43.8 Å². The summed E-state index contributed by atoms with van der Waals surface area (Å²) in [6.07, 6.45) is 4.70. The van der Waals surface area contributed by atoms with Crippen molar-refractivity contribution < 1.29 is 19.1 Å². The van der Waals surface area contributed by atoms with Gasteiger partial charge in [-0.15, -0.1) is 5.10 Å². The number of benzene rings is 1. The van der Waals surface area contributed by atoms with E-state index in [1.807, 2.05) is 24.3 Å². The van der Waals surface area contributed by atoms with E-state index in [1.165, 1.54) is 6.20 Å². The molecule has 0 unspecified atom stereocenters. The Hall–Kier alpha value is -4.38. The zero-order chi connectivity index (χ0) is 23.0. The molecule has 0 atom stereocenters. The number of methoxy groups -OCH3 is 1. The number of hydrogen-bond acceptors (Lipinski definition) is 9. The monoisotopic (exact) mass is 462 g/mol. The summed E-state index contributed by atoms with van der Waals surface area (Å²) in [6.45, 7) is -0.276. The van der Waals surface area contributed by atoms with Gasteiger partial charge < -0.3 is 14.8 Å². The molecular formula is C22H18N6O4S. The summed E-state index contributed by atoms with van der Waals surface area (Å²) in [4.78, 5) is 33.1. The maximum Gasteiger partial charge on any atom is 0.296 e. The second-order valence-electron chi connectivity index (χ2n) is 6.50. The third kappa shape index (κ3) is 5.46. The quantitative estimate of drug-likeness (QED) is 0.408. The molecule has 0 saturated heterocycles. The fourth-order valence-corrected chi connectivity index (χ4v) is 3.49. The third-order valence-corrected chi connectivity index (χ3v) is 5.10. The highest BCUT2D eigenvalue weighted by Gasteiger charge is 2.18. The van der Waals surface area contributed by atoms with E-state index in [4.69, 9.17) is 9.47 Å². The average molecular weight is 462 g/mol. The second-order valence-corrected chi connectivity index (χ2v) is 7.44. The van der Waals surface area contributed by atoms with E-state index in [9.17, 15) is 9.59 Å². The highest BCUT2D eigenvalue weighted by Crippen LogP contribution is 2.32. The largest absolute Gasteiger partial charge is 0.496 e. The summed E-state index contributed by atoms with van der Waals surface area (Å²) in [7, 11) is 1.56. The van der Waals surface area contributed by atoms with Crippen molar-refractivity contribution in [3.63, 3.8) is 0 Å². The van der Waals surface area contributed by atoms with Crippen LogP contribution in [0.3, 0.4) is 0 Å². The van der Waals surface area contributed by atoms with Gasteiger partial charge in [0.2, 0.25) is 5.13 Å². The fraction of sp³-hybridized carbons (Fsp3) is 0.0909. The van der Waals surface area contributed by atoms with Crippen molar-refractivity contribution in [3.05, 3.63) is 72.7 Å². The number of amides is 2. The SMILES string of the molecule is COc1ccccc1-c1cnccc1C(=O)Nc1nnc(OCC(=O)Nc2ccccn2)s1. The van der Waals surface area contributed by atoms with Crippen molar-refractivity contribution >= 4 is 34.1 Å². The summed E-state index contributed by atoms with van der Waals surface area (Å²) < 4.78 is 10.8. The predicted octanol–water partition coefficient (Wildman–Crippen LogP) is 3.27. The van der Waals surface area contributed by atoms with Crippen LogP contribution in [0.4, 0.5) is 10.9 Å². The summed E-state index contributed by atoms with van der Waals surface area (Å²) >= 11 is 1.00. The molecule has 0 saturated carbocycles. The lowest BCUT2D eigenvalue weighted by molar-refractivity contribution is -0.118. The zero-order valence-corrected chi connectivity index (χ0v) is 18.2. The van der Waals surface area contributed by atoms with Gasteiger partial charge in [0.15, 0.2) is 6.61 Å². The first kappa shape index (κ1) is 21.8. The van der Waals surface area contributed by atoms with E-state index in [0.717, 1.165) is 16.9 Å². The third-order valence-electron chi connectivity index (χ3n) is 4.35. The van der Waals surface area contributed by atoms with Crippen LogP contribution in [0.1, 0.15) is 10.4 Å². The van der Waals surface area contributed by atoms with Crippen LogP contribution in [0.25, 0.3) is 11.1 Å². The molecule has 0 bridgehead atoms. The van der Waals surface area contributed by atoms with E-state index in [-0.39, 0.29) is 16.9 Å². The first-order valence-electron chi connectivity index (χ1n) is 9.70. The van der Waals surface area contributed by atoms with Gasteiger partial charge in [0.05, 0.1) is 12.7 Å². The molecule has 0 radical (unpaired) electrons. The Morgan fingerprint density at radius 3 is 2.64 bits per heavy atom. The topological polar surface area (TPSA) is 128 Å². The number of pyridine rings is 2. The Labute approximate surface area is 192 Å². The van der Waals surface area contributed by atoms with Gasteiger partial charge in [0.25, 0.3) is 17.0 Å². The van der Waals surface area contributed by atoms with Gasteiger partial charge >= 0.3 is 0 Å². The molecule has 4 rings (SSSR count).